The summed E-state index contributed by atoms with van der Waals surface area (Å²) in [5.74, 6) is 0.00125. The van der Waals surface area contributed by atoms with E-state index in [2.05, 4.69) is 0 Å². The summed E-state index contributed by atoms with van der Waals surface area (Å²) in [6.07, 6.45) is 3.39. The number of aliphatic hydroxyl groups is 1. The summed E-state index contributed by atoms with van der Waals surface area (Å²) in [6, 6.07) is 9.28. The second-order valence-corrected chi connectivity index (χ2v) is 3.90. The quantitative estimate of drug-likeness (QED) is 0.780. The van der Waals surface area contributed by atoms with E-state index in [-0.39, 0.29) is 12.3 Å². The zero-order chi connectivity index (χ0) is 11.4. The molecule has 1 atom stereocenters. The van der Waals surface area contributed by atoms with Crippen LogP contribution in [-0.2, 0) is 4.79 Å². The largest absolute Gasteiger partial charge is 0.388 e. The van der Waals surface area contributed by atoms with Crippen molar-refractivity contribution in [3.8, 4) is 0 Å². The van der Waals surface area contributed by atoms with Crippen LogP contribution in [-0.4, -0.2) is 29.0 Å². The lowest BCUT2D eigenvalue weighted by atomic mass is 10.1. The van der Waals surface area contributed by atoms with Crippen LogP contribution in [0.3, 0.4) is 0 Å². The van der Waals surface area contributed by atoms with Crippen molar-refractivity contribution in [2.75, 3.05) is 13.1 Å². The fraction of sp³-hybridized carbons (Fsp3) is 0.308. The molecule has 1 amide bonds. The van der Waals surface area contributed by atoms with E-state index in [0.29, 0.717) is 13.1 Å². The number of rotatable bonds is 3. The number of carbonyl (C=O) groups is 1. The molecule has 1 aliphatic rings. The lowest BCUT2D eigenvalue weighted by Crippen LogP contribution is -2.29. The number of aliphatic hydroxyl groups excluding tert-OH is 1. The van der Waals surface area contributed by atoms with Crippen LogP contribution in [0.15, 0.2) is 42.5 Å². The highest BCUT2D eigenvalue weighted by Gasteiger charge is 2.18. The maximum Gasteiger partial charge on any atom is 0.226 e. The van der Waals surface area contributed by atoms with E-state index in [1.165, 1.54) is 0 Å². The number of amides is 1. The van der Waals surface area contributed by atoms with Gasteiger partial charge in [-0.1, -0.05) is 42.5 Å². The minimum absolute atomic E-state index is 0.00125. The zero-order valence-electron chi connectivity index (χ0n) is 9.04. The molecule has 0 radical (unpaired) electrons. The van der Waals surface area contributed by atoms with Gasteiger partial charge in [-0.3, -0.25) is 4.79 Å². The van der Waals surface area contributed by atoms with Crippen LogP contribution in [0.2, 0.25) is 0 Å². The molecule has 3 nitrogen and oxygen atoms in total. The van der Waals surface area contributed by atoms with Crippen LogP contribution < -0.4 is 0 Å². The van der Waals surface area contributed by atoms with Crippen molar-refractivity contribution in [2.45, 2.75) is 12.5 Å². The van der Waals surface area contributed by atoms with Gasteiger partial charge in [-0.05, 0) is 5.56 Å². The third-order valence-electron chi connectivity index (χ3n) is 2.72. The van der Waals surface area contributed by atoms with Gasteiger partial charge in [0.1, 0.15) is 0 Å². The molecule has 1 aromatic rings. The Bertz CT molecular complexity index is 378. The Balaban J connectivity index is 1.92. The molecule has 0 bridgehead atoms. The molecule has 1 N–H and O–H groups in total. The zero-order valence-corrected chi connectivity index (χ0v) is 9.04. The standard InChI is InChI=1S/C13H15NO2/c15-12(11-6-2-1-3-7-11)10-13(16)14-8-4-5-9-14/h1-7,12,15H,8-10H2. The van der Waals surface area contributed by atoms with Gasteiger partial charge in [0.25, 0.3) is 0 Å². The van der Waals surface area contributed by atoms with Crippen molar-refractivity contribution in [2.24, 2.45) is 0 Å². The lowest BCUT2D eigenvalue weighted by molar-refractivity contribution is -0.131. The molecule has 1 unspecified atom stereocenters. The van der Waals surface area contributed by atoms with E-state index in [0.717, 1.165) is 5.56 Å². The number of hydrogen-bond acceptors (Lipinski definition) is 2. The van der Waals surface area contributed by atoms with Crippen molar-refractivity contribution in [1.29, 1.82) is 0 Å². The molecule has 16 heavy (non-hydrogen) atoms. The Kier molecular flexibility index (Phi) is 3.37. The first kappa shape index (κ1) is 10.9. The number of nitrogens with zero attached hydrogens (tertiary/aromatic N) is 1. The average molecular weight is 217 g/mol. The van der Waals surface area contributed by atoms with Crippen LogP contribution in [0.1, 0.15) is 18.1 Å². The van der Waals surface area contributed by atoms with E-state index in [1.54, 1.807) is 4.90 Å². The summed E-state index contributed by atoms with van der Waals surface area (Å²) in [4.78, 5) is 13.5. The maximum atomic E-state index is 11.8. The summed E-state index contributed by atoms with van der Waals surface area (Å²) >= 11 is 0. The fourth-order valence-electron chi connectivity index (χ4n) is 1.77. The second-order valence-electron chi connectivity index (χ2n) is 3.90. The summed E-state index contributed by atoms with van der Waals surface area (Å²) < 4.78 is 0. The van der Waals surface area contributed by atoms with Gasteiger partial charge < -0.3 is 10.0 Å². The number of hydrogen-bond donors (Lipinski definition) is 1. The molecule has 0 spiro atoms. The van der Waals surface area contributed by atoms with E-state index in [1.807, 2.05) is 42.5 Å². The Hall–Kier alpha value is -1.61. The lowest BCUT2D eigenvalue weighted by Gasteiger charge is -2.17. The first-order chi connectivity index (χ1) is 7.77. The normalized spacial score (nSPS) is 16.4. The third kappa shape index (κ3) is 2.49. The van der Waals surface area contributed by atoms with Crippen LogP contribution in [0.25, 0.3) is 0 Å². The highest BCUT2D eigenvalue weighted by Crippen LogP contribution is 2.17. The summed E-state index contributed by atoms with van der Waals surface area (Å²) in [5.41, 5.74) is 0.794. The molecule has 0 saturated heterocycles. The summed E-state index contributed by atoms with van der Waals surface area (Å²) in [6.45, 7) is 1.33. The first-order valence-electron chi connectivity index (χ1n) is 5.43. The molecule has 1 aliphatic heterocycles. The van der Waals surface area contributed by atoms with Gasteiger partial charge in [0, 0.05) is 13.1 Å². The van der Waals surface area contributed by atoms with Gasteiger partial charge in [0.2, 0.25) is 5.91 Å². The van der Waals surface area contributed by atoms with E-state index in [4.69, 9.17) is 0 Å². The average Bonchev–Trinajstić information content (AvgIpc) is 2.83. The molecule has 3 heteroatoms. The molecule has 0 saturated carbocycles. The molecule has 84 valence electrons. The van der Waals surface area contributed by atoms with Gasteiger partial charge in [0.05, 0.1) is 12.5 Å². The summed E-state index contributed by atoms with van der Waals surface area (Å²) in [7, 11) is 0. The molecule has 2 rings (SSSR count). The highest BCUT2D eigenvalue weighted by atomic mass is 16.3. The van der Waals surface area contributed by atoms with E-state index >= 15 is 0 Å². The predicted molar refractivity (Wildman–Crippen MR) is 61.7 cm³/mol. The van der Waals surface area contributed by atoms with Crippen molar-refractivity contribution in [1.82, 2.24) is 4.90 Å². The van der Waals surface area contributed by atoms with Gasteiger partial charge in [-0.15, -0.1) is 0 Å². The van der Waals surface area contributed by atoms with Gasteiger partial charge >= 0.3 is 0 Å². The second kappa shape index (κ2) is 4.94. The fourth-order valence-corrected chi connectivity index (χ4v) is 1.77. The topological polar surface area (TPSA) is 40.5 Å². The molecule has 0 aliphatic carbocycles. The SMILES string of the molecule is O=C(CC(O)c1ccccc1)N1CC=CC1. The molecule has 0 aromatic heterocycles. The van der Waals surface area contributed by atoms with Crippen LogP contribution in [0, 0.1) is 0 Å². The Morgan fingerprint density at radius 2 is 1.88 bits per heavy atom. The molecule has 1 heterocycles. The minimum Gasteiger partial charge on any atom is -0.388 e. The Morgan fingerprint density at radius 1 is 1.25 bits per heavy atom. The highest BCUT2D eigenvalue weighted by molar-refractivity contribution is 5.77. The molecular formula is C13H15NO2. The maximum absolute atomic E-state index is 11.8. The van der Waals surface area contributed by atoms with E-state index < -0.39 is 6.10 Å². The smallest absolute Gasteiger partial charge is 0.226 e. The van der Waals surface area contributed by atoms with Crippen molar-refractivity contribution >= 4 is 5.91 Å². The molecule has 0 fully saturated rings. The van der Waals surface area contributed by atoms with Crippen LogP contribution in [0.4, 0.5) is 0 Å². The van der Waals surface area contributed by atoms with Crippen LogP contribution in [0.5, 0.6) is 0 Å². The minimum atomic E-state index is -0.700. The van der Waals surface area contributed by atoms with Crippen molar-refractivity contribution < 1.29 is 9.90 Å². The van der Waals surface area contributed by atoms with E-state index in [9.17, 15) is 9.90 Å². The molecule has 1 aromatic carbocycles. The Labute approximate surface area is 95.0 Å². The van der Waals surface area contributed by atoms with Crippen molar-refractivity contribution in [3.05, 3.63) is 48.0 Å². The number of benzene rings is 1. The first-order valence-corrected chi connectivity index (χ1v) is 5.43. The molecular weight excluding hydrogens is 202 g/mol. The van der Waals surface area contributed by atoms with Crippen molar-refractivity contribution in [3.63, 3.8) is 0 Å². The van der Waals surface area contributed by atoms with Crippen LogP contribution >= 0.6 is 0 Å². The third-order valence-corrected chi connectivity index (χ3v) is 2.72. The monoisotopic (exact) mass is 217 g/mol. The summed E-state index contributed by atoms with van der Waals surface area (Å²) in [5, 5.41) is 9.88. The van der Waals surface area contributed by atoms with Gasteiger partial charge in [-0.25, -0.2) is 0 Å². The number of carbonyl (C=O) groups excluding carboxylic acids is 1. The van der Waals surface area contributed by atoms with Gasteiger partial charge in [0.15, 0.2) is 0 Å². The van der Waals surface area contributed by atoms with Gasteiger partial charge in [-0.2, -0.15) is 0 Å². The predicted octanol–water partition coefficient (Wildman–Crippen LogP) is 1.51. The Morgan fingerprint density at radius 3 is 2.50 bits per heavy atom.